The molecule has 0 heterocycles. The standard InChI is InChI=1S/C7H9NO2/c8-7-3-1-6(2-4-7)5-10-9/h1-4,9H,5,8H2. The summed E-state index contributed by atoms with van der Waals surface area (Å²) in [6, 6.07) is 7.11. The SMILES string of the molecule is Nc1ccc(COO)cc1. The van der Waals surface area contributed by atoms with E-state index in [0.29, 0.717) is 5.69 Å². The van der Waals surface area contributed by atoms with Crippen LogP contribution < -0.4 is 5.73 Å². The average molecular weight is 139 g/mol. The molecule has 0 aromatic heterocycles. The van der Waals surface area contributed by atoms with E-state index in [4.69, 9.17) is 11.0 Å². The molecule has 1 aromatic rings. The maximum atomic E-state index is 8.06. The Bertz CT molecular complexity index is 195. The smallest absolute Gasteiger partial charge is 0.107 e. The average Bonchev–Trinajstić information content (AvgIpc) is 1.95. The van der Waals surface area contributed by atoms with Gasteiger partial charge in [-0.15, -0.1) is 0 Å². The van der Waals surface area contributed by atoms with Crippen molar-refractivity contribution in [3.8, 4) is 0 Å². The van der Waals surface area contributed by atoms with Crippen LogP contribution in [0.2, 0.25) is 0 Å². The lowest BCUT2D eigenvalue weighted by Crippen LogP contribution is -1.88. The minimum Gasteiger partial charge on any atom is -0.399 e. The lowest BCUT2D eigenvalue weighted by atomic mass is 10.2. The Balaban J connectivity index is 2.69. The van der Waals surface area contributed by atoms with Gasteiger partial charge in [-0.2, -0.15) is 0 Å². The molecule has 0 fully saturated rings. The summed E-state index contributed by atoms with van der Waals surface area (Å²) in [4.78, 5) is 3.93. The Kier molecular flexibility index (Phi) is 2.25. The van der Waals surface area contributed by atoms with Crippen molar-refractivity contribution in [3.05, 3.63) is 29.8 Å². The van der Waals surface area contributed by atoms with Crippen LogP contribution in [-0.2, 0) is 11.5 Å². The number of nitrogens with two attached hydrogens (primary N) is 1. The van der Waals surface area contributed by atoms with Gasteiger partial charge in [-0.1, -0.05) is 12.1 Å². The third-order valence-corrected chi connectivity index (χ3v) is 1.21. The molecule has 0 amide bonds. The lowest BCUT2D eigenvalue weighted by molar-refractivity contribution is -0.253. The molecule has 3 nitrogen and oxygen atoms in total. The molecule has 0 atom stereocenters. The minimum absolute atomic E-state index is 0.209. The second-order valence-electron chi connectivity index (χ2n) is 2.02. The molecule has 3 heteroatoms. The van der Waals surface area contributed by atoms with Gasteiger partial charge in [-0.3, -0.25) is 5.26 Å². The van der Waals surface area contributed by atoms with Crippen LogP contribution in [0.15, 0.2) is 24.3 Å². The van der Waals surface area contributed by atoms with E-state index in [1.54, 1.807) is 24.3 Å². The molecule has 0 aliphatic heterocycles. The van der Waals surface area contributed by atoms with Crippen molar-refractivity contribution in [2.45, 2.75) is 6.61 Å². The zero-order valence-electron chi connectivity index (χ0n) is 5.45. The van der Waals surface area contributed by atoms with Crippen molar-refractivity contribution >= 4 is 5.69 Å². The van der Waals surface area contributed by atoms with Gasteiger partial charge in [-0.05, 0) is 17.7 Å². The van der Waals surface area contributed by atoms with Gasteiger partial charge in [-0.25, -0.2) is 4.89 Å². The summed E-state index contributed by atoms with van der Waals surface area (Å²) in [5.41, 5.74) is 7.03. The zero-order chi connectivity index (χ0) is 7.40. The summed E-state index contributed by atoms with van der Waals surface area (Å²) >= 11 is 0. The highest BCUT2D eigenvalue weighted by Gasteiger charge is 1.89. The molecule has 54 valence electrons. The highest BCUT2D eigenvalue weighted by molar-refractivity contribution is 5.38. The molecular formula is C7H9NO2. The van der Waals surface area contributed by atoms with Crippen molar-refractivity contribution in [2.24, 2.45) is 0 Å². The van der Waals surface area contributed by atoms with Gasteiger partial charge < -0.3 is 5.73 Å². The predicted octanol–water partition coefficient (Wildman–Crippen LogP) is 1.26. The quantitative estimate of drug-likeness (QED) is 0.368. The Labute approximate surface area is 59.0 Å². The fourth-order valence-corrected chi connectivity index (χ4v) is 0.688. The molecule has 10 heavy (non-hydrogen) atoms. The number of nitrogen functional groups attached to an aromatic ring is 1. The maximum Gasteiger partial charge on any atom is 0.107 e. The van der Waals surface area contributed by atoms with E-state index in [0.717, 1.165) is 5.56 Å². The fourth-order valence-electron chi connectivity index (χ4n) is 0.688. The molecule has 0 saturated heterocycles. The minimum atomic E-state index is 0.209. The first-order valence-corrected chi connectivity index (χ1v) is 2.93. The van der Waals surface area contributed by atoms with Crippen LogP contribution in [0.4, 0.5) is 5.69 Å². The molecule has 0 saturated carbocycles. The molecule has 0 bridgehead atoms. The van der Waals surface area contributed by atoms with Crippen LogP contribution in [-0.4, -0.2) is 5.26 Å². The van der Waals surface area contributed by atoms with Gasteiger partial charge in [0.1, 0.15) is 6.61 Å². The van der Waals surface area contributed by atoms with Gasteiger partial charge in [0, 0.05) is 5.69 Å². The third kappa shape index (κ3) is 1.72. The van der Waals surface area contributed by atoms with Crippen LogP contribution in [0.5, 0.6) is 0 Å². The molecule has 3 N–H and O–H groups in total. The second-order valence-corrected chi connectivity index (χ2v) is 2.02. The summed E-state index contributed by atoms with van der Waals surface area (Å²) in [5.74, 6) is 0. The highest BCUT2D eigenvalue weighted by Crippen LogP contribution is 2.05. The first kappa shape index (κ1) is 7.05. The number of anilines is 1. The van der Waals surface area contributed by atoms with E-state index in [1.807, 2.05) is 0 Å². The van der Waals surface area contributed by atoms with Gasteiger partial charge in [0.25, 0.3) is 0 Å². The number of hydrogen-bond donors (Lipinski definition) is 2. The Morgan fingerprint density at radius 3 is 2.40 bits per heavy atom. The van der Waals surface area contributed by atoms with Gasteiger partial charge >= 0.3 is 0 Å². The number of rotatable bonds is 2. The van der Waals surface area contributed by atoms with E-state index in [9.17, 15) is 0 Å². The Morgan fingerprint density at radius 2 is 1.90 bits per heavy atom. The summed E-state index contributed by atoms with van der Waals surface area (Å²) in [6.07, 6.45) is 0. The van der Waals surface area contributed by atoms with Crippen molar-refractivity contribution < 1.29 is 10.1 Å². The van der Waals surface area contributed by atoms with Gasteiger partial charge in [0.05, 0.1) is 0 Å². The summed E-state index contributed by atoms with van der Waals surface area (Å²) < 4.78 is 0. The molecule has 0 radical (unpaired) electrons. The molecule has 0 spiro atoms. The van der Waals surface area contributed by atoms with Gasteiger partial charge in [0.2, 0.25) is 0 Å². The lowest BCUT2D eigenvalue weighted by Gasteiger charge is -1.96. The van der Waals surface area contributed by atoms with Crippen LogP contribution in [0.1, 0.15) is 5.56 Å². The molecule has 0 aliphatic rings. The van der Waals surface area contributed by atoms with E-state index >= 15 is 0 Å². The number of benzene rings is 1. The van der Waals surface area contributed by atoms with E-state index < -0.39 is 0 Å². The molecule has 1 rings (SSSR count). The molecule has 1 aromatic carbocycles. The summed E-state index contributed by atoms with van der Waals surface area (Å²) in [7, 11) is 0. The van der Waals surface area contributed by atoms with Crippen LogP contribution in [0, 0.1) is 0 Å². The highest BCUT2D eigenvalue weighted by atomic mass is 17.1. The zero-order valence-corrected chi connectivity index (χ0v) is 5.45. The van der Waals surface area contributed by atoms with Gasteiger partial charge in [0.15, 0.2) is 0 Å². The van der Waals surface area contributed by atoms with Crippen LogP contribution >= 0.6 is 0 Å². The summed E-state index contributed by atoms with van der Waals surface area (Å²) in [6.45, 7) is 0.209. The van der Waals surface area contributed by atoms with E-state index in [1.165, 1.54) is 0 Å². The van der Waals surface area contributed by atoms with E-state index in [-0.39, 0.29) is 6.61 Å². The van der Waals surface area contributed by atoms with Crippen molar-refractivity contribution in [2.75, 3.05) is 5.73 Å². The van der Waals surface area contributed by atoms with Crippen LogP contribution in [0.3, 0.4) is 0 Å². The molecule has 0 unspecified atom stereocenters. The monoisotopic (exact) mass is 139 g/mol. The first-order chi connectivity index (χ1) is 4.83. The Morgan fingerprint density at radius 1 is 1.30 bits per heavy atom. The fraction of sp³-hybridized carbons (Fsp3) is 0.143. The second kappa shape index (κ2) is 3.20. The van der Waals surface area contributed by atoms with E-state index in [2.05, 4.69) is 4.89 Å². The van der Waals surface area contributed by atoms with Crippen molar-refractivity contribution in [1.29, 1.82) is 0 Å². The molecular weight excluding hydrogens is 130 g/mol. The number of hydrogen-bond acceptors (Lipinski definition) is 3. The topological polar surface area (TPSA) is 55.5 Å². The van der Waals surface area contributed by atoms with Crippen molar-refractivity contribution in [3.63, 3.8) is 0 Å². The largest absolute Gasteiger partial charge is 0.399 e. The van der Waals surface area contributed by atoms with Crippen molar-refractivity contribution in [1.82, 2.24) is 0 Å². The predicted molar refractivity (Wildman–Crippen MR) is 38.3 cm³/mol. The maximum absolute atomic E-state index is 8.06. The molecule has 0 aliphatic carbocycles. The Hall–Kier alpha value is -1.06. The van der Waals surface area contributed by atoms with Crippen LogP contribution in [0.25, 0.3) is 0 Å². The third-order valence-electron chi connectivity index (χ3n) is 1.21. The summed E-state index contributed by atoms with van der Waals surface area (Å²) in [5, 5.41) is 8.06. The normalized spacial score (nSPS) is 9.70. The first-order valence-electron chi connectivity index (χ1n) is 2.93.